The van der Waals surface area contributed by atoms with Crippen molar-refractivity contribution < 1.29 is 39.9 Å². The van der Waals surface area contributed by atoms with E-state index in [1.807, 2.05) is 0 Å². The average Bonchev–Trinajstić information content (AvgIpc) is 1.76. The molecule has 0 unspecified atom stereocenters. The number of carbonyl (C=O) groups is 1. The molecule has 0 rings (SSSR count). The molecule has 0 radical (unpaired) electrons. The van der Waals surface area contributed by atoms with Crippen molar-refractivity contribution in [2.45, 2.75) is 18.6 Å². The van der Waals surface area contributed by atoms with Crippen molar-refractivity contribution in [3.05, 3.63) is 0 Å². The quantitative estimate of drug-likeness (QED) is 0.444. The van der Waals surface area contributed by atoms with Gasteiger partial charge < -0.3 is 0 Å². The third-order valence-electron chi connectivity index (χ3n) is 1.02. The van der Waals surface area contributed by atoms with Crippen LogP contribution in [0.15, 0.2) is 0 Å². The number of alkyl halides is 8. The van der Waals surface area contributed by atoms with Crippen LogP contribution in [0.3, 0.4) is 0 Å². The van der Waals surface area contributed by atoms with Gasteiger partial charge in [0.1, 0.15) is 0 Å². The molecule has 0 spiro atoms. The zero-order valence-electron chi connectivity index (χ0n) is 6.26. The molecule has 0 saturated heterocycles. The maximum absolute atomic E-state index is 12.3. The highest BCUT2D eigenvalue weighted by Gasteiger charge is 2.68. The summed E-state index contributed by atoms with van der Waals surface area (Å²) in [6, 6.07) is -5.75. The first-order valence-electron chi connectivity index (χ1n) is 2.83. The third kappa shape index (κ3) is 3.26. The minimum atomic E-state index is -6.43. The molecule has 0 aliphatic carbocycles. The molecule has 0 atom stereocenters. The largest absolute Gasteiger partial charge is 0.472 e. The van der Waals surface area contributed by atoms with E-state index in [9.17, 15) is 39.9 Å². The van der Waals surface area contributed by atoms with Crippen molar-refractivity contribution in [3.8, 4) is 0 Å². The van der Waals surface area contributed by atoms with Crippen molar-refractivity contribution in [3.63, 3.8) is 0 Å². The highest BCUT2D eigenvalue weighted by Crippen LogP contribution is 2.42. The van der Waals surface area contributed by atoms with E-state index in [0.717, 1.165) is 0 Å². The molecule has 0 aromatic rings. The molecule has 0 N–H and O–H groups in total. The third-order valence-corrected chi connectivity index (χ3v) is 1.50. The molecule has 0 saturated carbocycles. The summed E-state index contributed by atoms with van der Waals surface area (Å²) in [5.41, 5.74) is 0. The van der Waals surface area contributed by atoms with Gasteiger partial charge in [-0.05, 0) is 0 Å². The second-order valence-electron chi connectivity index (χ2n) is 2.09. The average molecular weight is 310 g/mol. The first-order valence-corrected chi connectivity index (χ1v) is 3.62. The lowest BCUT2D eigenvalue weighted by Crippen LogP contribution is -2.60. The molecule has 11 heteroatoms. The molecule has 0 aromatic heterocycles. The monoisotopic (exact) mass is 309 g/mol. The Morgan fingerprint density at radius 1 is 0.867 bits per heavy atom. The fourth-order valence-corrected chi connectivity index (χ4v) is 0.727. The SMILES string of the molecule is O=C(Br)C(F)(F)N(C(F)(F)F)C(F)(F)F. The molecule has 15 heavy (non-hydrogen) atoms. The molecular formula is C4BrF8NO. The topological polar surface area (TPSA) is 20.3 Å². The minimum absolute atomic E-state index is 1.35. The summed E-state index contributed by atoms with van der Waals surface area (Å²) in [7, 11) is 0. The van der Waals surface area contributed by atoms with E-state index < -0.39 is 28.2 Å². The number of rotatable bonds is 2. The van der Waals surface area contributed by atoms with E-state index in [2.05, 4.69) is 0 Å². The Hall–Kier alpha value is -0.450. The van der Waals surface area contributed by atoms with E-state index in [-0.39, 0.29) is 0 Å². The summed E-state index contributed by atoms with van der Waals surface area (Å²) in [6.45, 7) is 0. The van der Waals surface area contributed by atoms with Crippen LogP contribution in [0.4, 0.5) is 35.1 Å². The molecule has 90 valence electrons. The smallest absolute Gasteiger partial charge is 0.278 e. The van der Waals surface area contributed by atoms with Gasteiger partial charge >= 0.3 is 18.6 Å². The Morgan fingerprint density at radius 2 is 1.13 bits per heavy atom. The molecule has 0 aromatic carbocycles. The van der Waals surface area contributed by atoms with Crippen molar-refractivity contribution in [1.82, 2.24) is 4.90 Å². The van der Waals surface area contributed by atoms with Gasteiger partial charge in [-0.3, -0.25) is 4.79 Å². The molecule has 0 amide bonds. The highest BCUT2D eigenvalue weighted by atomic mass is 79.9. The zero-order valence-corrected chi connectivity index (χ0v) is 7.84. The van der Waals surface area contributed by atoms with Gasteiger partial charge in [0.15, 0.2) is 0 Å². The van der Waals surface area contributed by atoms with Gasteiger partial charge in [-0.1, -0.05) is 4.90 Å². The predicted molar refractivity (Wildman–Crippen MR) is 32.8 cm³/mol. The molecule has 0 bridgehead atoms. The molecule has 2 nitrogen and oxygen atoms in total. The molecule has 0 fully saturated rings. The number of hydrogen-bond acceptors (Lipinski definition) is 2. The van der Waals surface area contributed by atoms with Crippen LogP contribution in [0.2, 0.25) is 0 Å². The molecule has 0 aliphatic heterocycles. The summed E-state index contributed by atoms with van der Waals surface area (Å²) in [4.78, 5) is 6.83. The van der Waals surface area contributed by atoms with Crippen LogP contribution in [0.5, 0.6) is 0 Å². The summed E-state index contributed by atoms with van der Waals surface area (Å²) < 4.78 is 91.6. The Labute approximate surface area is 84.9 Å². The van der Waals surface area contributed by atoms with Gasteiger partial charge in [0, 0.05) is 15.9 Å². The Balaban J connectivity index is 5.43. The van der Waals surface area contributed by atoms with Crippen molar-refractivity contribution >= 4 is 20.6 Å². The molecular weight excluding hydrogens is 310 g/mol. The van der Waals surface area contributed by atoms with Crippen LogP contribution in [-0.2, 0) is 4.79 Å². The van der Waals surface area contributed by atoms with Crippen LogP contribution < -0.4 is 0 Å². The van der Waals surface area contributed by atoms with Gasteiger partial charge in [-0.2, -0.15) is 35.1 Å². The van der Waals surface area contributed by atoms with Gasteiger partial charge in [0.25, 0.3) is 4.69 Å². The lowest BCUT2D eigenvalue weighted by molar-refractivity contribution is -0.427. The maximum Gasteiger partial charge on any atom is 0.472 e. The first kappa shape index (κ1) is 14.6. The standard InChI is InChI=1S/C4BrF8NO/c5-1(15)2(6,7)14(3(8,9)10)4(11,12)13. The van der Waals surface area contributed by atoms with Crippen LogP contribution in [0.25, 0.3) is 0 Å². The van der Waals surface area contributed by atoms with Crippen molar-refractivity contribution in [2.24, 2.45) is 0 Å². The normalized spacial score (nSPS) is 14.5. The van der Waals surface area contributed by atoms with Gasteiger partial charge in [-0.15, -0.1) is 0 Å². The predicted octanol–water partition coefficient (Wildman–Crippen LogP) is 2.84. The van der Waals surface area contributed by atoms with E-state index in [0.29, 0.717) is 0 Å². The molecule has 0 aliphatic rings. The summed E-state index contributed by atoms with van der Waals surface area (Å²) in [5.74, 6) is 0. The Kier molecular flexibility index (Phi) is 3.73. The van der Waals surface area contributed by atoms with Gasteiger partial charge in [0.2, 0.25) is 0 Å². The van der Waals surface area contributed by atoms with Crippen LogP contribution in [0.1, 0.15) is 0 Å². The summed E-state index contributed by atoms with van der Waals surface area (Å²) >= 11 is 1.35. The minimum Gasteiger partial charge on any atom is -0.278 e. The number of halogens is 9. The van der Waals surface area contributed by atoms with E-state index in [1.54, 1.807) is 0 Å². The lowest BCUT2D eigenvalue weighted by atomic mass is 10.5. The van der Waals surface area contributed by atoms with Crippen molar-refractivity contribution in [2.75, 3.05) is 0 Å². The molecule has 0 heterocycles. The van der Waals surface area contributed by atoms with E-state index in [4.69, 9.17) is 0 Å². The second kappa shape index (κ2) is 3.85. The van der Waals surface area contributed by atoms with Crippen molar-refractivity contribution in [1.29, 1.82) is 0 Å². The lowest BCUT2D eigenvalue weighted by Gasteiger charge is -2.30. The summed E-state index contributed by atoms with van der Waals surface area (Å²) in [6.07, 6.45) is -12.9. The van der Waals surface area contributed by atoms with Crippen LogP contribution in [-0.4, -0.2) is 28.2 Å². The zero-order chi connectivity index (χ0) is 12.7. The van der Waals surface area contributed by atoms with E-state index in [1.165, 1.54) is 15.9 Å². The number of carbonyl (C=O) groups excluding carboxylic acids is 1. The Bertz CT molecular complexity index is 242. The second-order valence-corrected chi connectivity index (χ2v) is 2.81. The van der Waals surface area contributed by atoms with Crippen LogP contribution in [0, 0.1) is 0 Å². The fourth-order valence-electron chi connectivity index (χ4n) is 0.550. The summed E-state index contributed by atoms with van der Waals surface area (Å²) in [5, 5.41) is 0. The van der Waals surface area contributed by atoms with E-state index >= 15 is 0 Å². The number of hydrogen-bond donors (Lipinski definition) is 0. The Morgan fingerprint density at radius 3 is 1.20 bits per heavy atom. The number of nitrogens with zero attached hydrogens (tertiary/aromatic N) is 1. The van der Waals surface area contributed by atoms with Gasteiger partial charge in [0.05, 0.1) is 0 Å². The maximum atomic E-state index is 12.3. The van der Waals surface area contributed by atoms with Gasteiger partial charge in [-0.25, -0.2) is 0 Å². The fraction of sp³-hybridized carbons (Fsp3) is 0.750. The highest BCUT2D eigenvalue weighted by molar-refractivity contribution is 9.18. The van der Waals surface area contributed by atoms with Crippen LogP contribution >= 0.6 is 15.9 Å². The first-order chi connectivity index (χ1) is 6.31.